The maximum atomic E-state index is 12.3. The van der Waals surface area contributed by atoms with Crippen molar-refractivity contribution >= 4 is 16.9 Å². The summed E-state index contributed by atoms with van der Waals surface area (Å²) in [7, 11) is 1.95. The van der Waals surface area contributed by atoms with E-state index in [9.17, 15) is 4.79 Å². The molecule has 5 heteroatoms. The fourth-order valence-electron chi connectivity index (χ4n) is 3.69. The maximum Gasteiger partial charge on any atom is 0.225 e. The van der Waals surface area contributed by atoms with Gasteiger partial charge in [-0.3, -0.25) is 9.48 Å². The number of carbonyl (C=O) groups is 1. The van der Waals surface area contributed by atoms with E-state index in [1.165, 1.54) is 0 Å². The monoisotopic (exact) mass is 298 g/mol. The highest BCUT2D eigenvalue weighted by atomic mass is 16.2. The van der Waals surface area contributed by atoms with Crippen LogP contribution in [0.2, 0.25) is 0 Å². The van der Waals surface area contributed by atoms with Crippen LogP contribution in [0.1, 0.15) is 37.8 Å². The average Bonchev–Trinajstić information content (AvgIpc) is 3.19. The van der Waals surface area contributed by atoms with Crippen LogP contribution in [0.25, 0.3) is 11.0 Å². The molecule has 22 heavy (non-hydrogen) atoms. The number of carbonyl (C=O) groups excluding carboxylic acids is 1. The average molecular weight is 298 g/mol. The van der Waals surface area contributed by atoms with Gasteiger partial charge in [0.1, 0.15) is 0 Å². The quantitative estimate of drug-likeness (QED) is 0.855. The first-order chi connectivity index (χ1) is 10.6. The Morgan fingerprint density at radius 2 is 2.05 bits per heavy atom. The van der Waals surface area contributed by atoms with Gasteiger partial charge in [-0.2, -0.15) is 5.10 Å². The van der Waals surface area contributed by atoms with Gasteiger partial charge in [-0.05, 0) is 37.3 Å². The minimum absolute atomic E-state index is 0.302. The van der Waals surface area contributed by atoms with Gasteiger partial charge in [0.05, 0.1) is 5.69 Å². The van der Waals surface area contributed by atoms with Gasteiger partial charge in [0.15, 0.2) is 5.65 Å². The van der Waals surface area contributed by atoms with Crippen LogP contribution in [0.5, 0.6) is 0 Å². The largest absolute Gasteiger partial charge is 0.342 e. The van der Waals surface area contributed by atoms with Gasteiger partial charge in [-0.25, -0.2) is 4.98 Å². The number of amides is 1. The Morgan fingerprint density at radius 1 is 1.32 bits per heavy atom. The zero-order valence-corrected chi connectivity index (χ0v) is 13.2. The number of hydrogen-bond donors (Lipinski definition) is 0. The van der Waals surface area contributed by atoms with Gasteiger partial charge in [0.2, 0.25) is 5.91 Å². The number of piperidine rings is 1. The Labute approximate surface area is 130 Å². The summed E-state index contributed by atoms with van der Waals surface area (Å²) in [6, 6.07) is 4.08. The second-order valence-corrected chi connectivity index (χ2v) is 6.80. The van der Waals surface area contributed by atoms with Crippen molar-refractivity contribution in [1.29, 1.82) is 0 Å². The second kappa shape index (κ2) is 5.07. The van der Waals surface area contributed by atoms with Crippen molar-refractivity contribution in [3.8, 4) is 0 Å². The molecule has 2 aromatic rings. The first-order valence-electron chi connectivity index (χ1n) is 8.21. The molecule has 1 saturated heterocycles. The highest BCUT2D eigenvalue weighted by Gasteiger charge is 2.42. The molecule has 0 unspecified atom stereocenters. The molecular formula is C17H22N4O. The van der Waals surface area contributed by atoms with E-state index < -0.39 is 0 Å². The minimum atomic E-state index is 0.302. The summed E-state index contributed by atoms with van der Waals surface area (Å²) >= 11 is 0. The van der Waals surface area contributed by atoms with Gasteiger partial charge in [-0.1, -0.05) is 6.92 Å². The number of nitrogens with zero attached hydrogens (tertiary/aromatic N) is 4. The lowest BCUT2D eigenvalue weighted by Gasteiger charge is -2.31. The fraction of sp³-hybridized carbons (Fsp3) is 0.588. The Morgan fingerprint density at radius 3 is 2.73 bits per heavy atom. The minimum Gasteiger partial charge on any atom is -0.342 e. The summed E-state index contributed by atoms with van der Waals surface area (Å²) in [6.07, 6.45) is 4.91. The van der Waals surface area contributed by atoms with Crippen LogP contribution < -0.4 is 0 Å². The summed E-state index contributed by atoms with van der Waals surface area (Å²) in [5.41, 5.74) is 2.10. The Balaban J connectivity index is 1.50. The zero-order chi connectivity index (χ0) is 15.3. The topological polar surface area (TPSA) is 51.0 Å². The molecule has 2 aliphatic rings. The normalized spacial score (nSPS) is 25.6. The number of fused-ring (bicyclic) bond motifs is 1. The fourth-order valence-corrected chi connectivity index (χ4v) is 3.69. The van der Waals surface area contributed by atoms with Crippen molar-refractivity contribution < 1.29 is 4.79 Å². The number of aryl methyl sites for hydroxylation is 1. The third-order valence-electron chi connectivity index (χ3n) is 5.25. The van der Waals surface area contributed by atoms with Gasteiger partial charge in [0.25, 0.3) is 0 Å². The van der Waals surface area contributed by atoms with E-state index in [0.29, 0.717) is 23.7 Å². The van der Waals surface area contributed by atoms with Crippen molar-refractivity contribution in [2.75, 3.05) is 13.1 Å². The van der Waals surface area contributed by atoms with Crippen LogP contribution in [0, 0.1) is 11.8 Å². The predicted octanol–water partition coefficient (Wildman–Crippen LogP) is 2.33. The molecule has 1 aliphatic carbocycles. The van der Waals surface area contributed by atoms with Crippen molar-refractivity contribution in [2.24, 2.45) is 18.9 Å². The Kier molecular flexibility index (Phi) is 3.17. The molecule has 2 atom stereocenters. The molecular weight excluding hydrogens is 276 g/mol. The molecule has 3 heterocycles. The number of likely N-dealkylation sites (tertiary alicyclic amines) is 1. The molecule has 4 rings (SSSR count). The Hall–Kier alpha value is -1.91. The van der Waals surface area contributed by atoms with Gasteiger partial charge < -0.3 is 4.90 Å². The van der Waals surface area contributed by atoms with E-state index in [2.05, 4.69) is 22.9 Å². The molecule has 5 nitrogen and oxygen atoms in total. The van der Waals surface area contributed by atoms with Crippen LogP contribution in [0.3, 0.4) is 0 Å². The van der Waals surface area contributed by atoms with Crippen molar-refractivity contribution in [3.05, 3.63) is 24.0 Å². The van der Waals surface area contributed by atoms with E-state index in [0.717, 1.165) is 49.1 Å². The smallest absolute Gasteiger partial charge is 0.225 e. The lowest BCUT2D eigenvalue weighted by molar-refractivity contribution is -0.133. The molecule has 0 N–H and O–H groups in total. The highest BCUT2D eigenvalue weighted by molar-refractivity contribution is 5.82. The molecule has 2 fully saturated rings. The lowest BCUT2D eigenvalue weighted by atomic mass is 9.92. The highest BCUT2D eigenvalue weighted by Crippen LogP contribution is 2.40. The molecule has 0 spiro atoms. The van der Waals surface area contributed by atoms with Crippen LogP contribution in [0.4, 0.5) is 0 Å². The number of pyridine rings is 1. The van der Waals surface area contributed by atoms with Crippen LogP contribution in [0.15, 0.2) is 18.3 Å². The standard InChI is InChI=1S/C17H22N4O/c1-11-10-14(11)17(22)21-8-5-12(6-9-21)15-13-4-3-7-18-16(13)20(2)19-15/h3-4,7,11-12,14H,5-6,8-10H2,1-2H3/t11-,14-/m0/s1. The van der Waals surface area contributed by atoms with E-state index in [1.807, 2.05) is 24.0 Å². The number of hydrogen-bond acceptors (Lipinski definition) is 3. The molecule has 0 radical (unpaired) electrons. The summed E-state index contributed by atoms with van der Waals surface area (Å²) in [6.45, 7) is 3.90. The molecule has 1 aliphatic heterocycles. The molecule has 0 aromatic carbocycles. The van der Waals surface area contributed by atoms with Crippen molar-refractivity contribution in [1.82, 2.24) is 19.7 Å². The maximum absolute atomic E-state index is 12.3. The zero-order valence-electron chi connectivity index (χ0n) is 13.2. The van der Waals surface area contributed by atoms with Crippen LogP contribution >= 0.6 is 0 Å². The van der Waals surface area contributed by atoms with Crippen molar-refractivity contribution in [2.45, 2.75) is 32.1 Å². The van der Waals surface area contributed by atoms with Gasteiger partial charge in [0, 0.05) is 43.6 Å². The third-order valence-corrected chi connectivity index (χ3v) is 5.25. The van der Waals surface area contributed by atoms with Crippen molar-refractivity contribution in [3.63, 3.8) is 0 Å². The van der Waals surface area contributed by atoms with Crippen LogP contribution in [-0.2, 0) is 11.8 Å². The summed E-state index contributed by atoms with van der Waals surface area (Å²) < 4.78 is 1.87. The van der Waals surface area contributed by atoms with E-state index in [4.69, 9.17) is 5.10 Å². The lowest BCUT2D eigenvalue weighted by Crippen LogP contribution is -2.39. The summed E-state index contributed by atoms with van der Waals surface area (Å²) in [5.74, 6) is 1.71. The second-order valence-electron chi connectivity index (χ2n) is 6.80. The van der Waals surface area contributed by atoms with E-state index in [-0.39, 0.29) is 0 Å². The molecule has 116 valence electrons. The van der Waals surface area contributed by atoms with E-state index in [1.54, 1.807) is 0 Å². The molecule has 1 amide bonds. The van der Waals surface area contributed by atoms with Gasteiger partial charge in [-0.15, -0.1) is 0 Å². The first kappa shape index (κ1) is 13.7. The SMILES string of the molecule is C[C@H]1C[C@@H]1C(=O)N1CCC(c2nn(C)c3ncccc23)CC1. The van der Waals surface area contributed by atoms with E-state index >= 15 is 0 Å². The number of aromatic nitrogens is 3. The molecule has 0 bridgehead atoms. The van der Waals surface area contributed by atoms with Crippen LogP contribution in [-0.4, -0.2) is 38.7 Å². The van der Waals surface area contributed by atoms with Gasteiger partial charge >= 0.3 is 0 Å². The molecule has 1 saturated carbocycles. The first-order valence-corrected chi connectivity index (χ1v) is 8.21. The third kappa shape index (κ3) is 2.19. The summed E-state index contributed by atoms with van der Waals surface area (Å²) in [5, 5.41) is 5.85. The Bertz CT molecular complexity index is 715. The molecule has 2 aromatic heterocycles. The predicted molar refractivity (Wildman–Crippen MR) is 84.3 cm³/mol. The number of rotatable bonds is 2. The summed E-state index contributed by atoms with van der Waals surface area (Å²) in [4.78, 5) is 18.8.